The number of nitrogens with one attached hydrogen (secondary N) is 1. The van der Waals surface area contributed by atoms with Gasteiger partial charge >= 0.3 is 0 Å². The van der Waals surface area contributed by atoms with Crippen LogP contribution in [0.1, 0.15) is 33.6 Å². The SMILES string of the molecule is C=C(CC)COCCCNC(C)C. The maximum atomic E-state index is 5.43. The lowest BCUT2D eigenvalue weighted by atomic mass is 10.2. The Morgan fingerprint density at radius 1 is 1.46 bits per heavy atom. The van der Waals surface area contributed by atoms with Gasteiger partial charge < -0.3 is 10.1 Å². The first-order chi connectivity index (χ1) is 6.16. The molecule has 0 saturated heterocycles. The molecule has 0 unspecified atom stereocenters. The molecule has 0 aliphatic carbocycles. The summed E-state index contributed by atoms with van der Waals surface area (Å²) in [6, 6.07) is 0.575. The Balaban J connectivity index is 3.04. The molecule has 0 heterocycles. The van der Waals surface area contributed by atoms with Gasteiger partial charge in [0.1, 0.15) is 0 Å². The van der Waals surface area contributed by atoms with Crippen molar-refractivity contribution in [2.24, 2.45) is 0 Å². The molecule has 2 nitrogen and oxygen atoms in total. The van der Waals surface area contributed by atoms with Crippen LogP contribution in [0, 0.1) is 0 Å². The molecular formula is C11H23NO. The van der Waals surface area contributed by atoms with Crippen LogP contribution in [-0.4, -0.2) is 25.8 Å². The van der Waals surface area contributed by atoms with Crippen molar-refractivity contribution >= 4 is 0 Å². The van der Waals surface area contributed by atoms with E-state index in [1.807, 2.05) is 0 Å². The molecule has 0 fully saturated rings. The van der Waals surface area contributed by atoms with Gasteiger partial charge in [0.05, 0.1) is 6.61 Å². The molecule has 0 bridgehead atoms. The Bertz CT molecular complexity index is 132. The quantitative estimate of drug-likeness (QED) is 0.463. The van der Waals surface area contributed by atoms with Gasteiger partial charge in [-0.2, -0.15) is 0 Å². The Labute approximate surface area is 82.4 Å². The Morgan fingerprint density at radius 3 is 2.69 bits per heavy atom. The van der Waals surface area contributed by atoms with Crippen molar-refractivity contribution in [3.8, 4) is 0 Å². The zero-order chi connectivity index (χ0) is 10.1. The molecule has 0 aromatic heterocycles. The monoisotopic (exact) mass is 185 g/mol. The Hall–Kier alpha value is -0.340. The van der Waals surface area contributed by atoms with E-state index in [1.165, 1.54) is 5.57 Å². The highest BCUT2D eigenvalue weighted by Gasteiger charge is 1.93. The standard InChI is InChI=1S/C11H23NO/c1-5-11(4)9-13-8-6-7-12-10(2)3/h10,12H,4-9H2,1-3H3. The molecule has 0 aromatic rings. The van der Waals surface area contributed by atoms with E-state index >= 15 is 0 Å². The summed E-state index contributed by atoms with van der Waals surface area (Å²) in [5.41, 5.74) is 1.18. The van der Waals surface area contributed by atoms with Crippen LogP contribution in [0.25, 0.3) is 0 Å². The predicted octanol–water partition coefficient (Wildman–Crippen LogP) is 2.36. The summed E-state index contributed by atoms with van der Waals surface area (Å²) in [6.45, 7) is 12.9. The van der Waals surface area contributed by atoms with Gasteiger partial charge in [-0.05, 0) is 19.4 Å². The Morgan fingerprint density at radius 2 is 2.15 bits per heavy atom. The topological polar surface area (TPSA) is 21.3 Å². The van der Waals surface area contributed by atoms with E-state index in [0.717, 1.165) is 32.6 Å². The molecule has 0 aliphatic heterocycles. The van der Waals surface area contributed by atoms with Crippen LogP contribution in [-0.2, 0) is 4.74 Å². The first-order valence-electron chi connectivity index (χ1n) is 5.14. The van der Waals surface area contributed by atoms with Crippen molar-refractivity contribution in [2.45, 2.75) is 39.7 Å². The summed E-state index contributed by atoms with van der Waals surface area (Å²) < 4.78 is 5.43. The summed E-state index contributed by atoms with van der Waals surface area (Å²) in [6.07, 6.45) is 2.10. The highest BCUT2D eigenvalue weighted by molar-refractivity contribution is 4.92. The second kappa shape index (κ2) is 8.27. The van der Waals surface area contributed by atoms with Crippen LogP contribution in [0.2, 0.25) is 0 Å². The molecule has 1 N–H and O–H groups in total. The third-order valence-corrected chi connectivity index (χ3v) is 1.82. The van der Waals surface area contributed by atoms with Gasteiger partial charge in [0, 0.05) is 12.6 Å². The van der Waals surface area contributed by atoms with E-state index in [1.54, 1.807) is 0 Å². The van der Waals surface area contributed by atoms with E-state index < -0.39 is 0 Å². The molecule has 0 aliphatic rings. The minimum absolute atomic E-state index is 0.575. The molecule has 2 heteroatoms. The van der Waals surface area contributed by atoms with Gasteiger partial charge in [0.2, 0.25) is 0 Å². The highest BCUT2D eigenvalue weighted by Crippen LogP contribution is 1.96. The second-order valence-electron chi connectivity index (χ2n) is 3.62. The van der Waals surface area contributed by atoms with Gasteiger partial charge in [0.25, 0.3) is 0 Å². The van der Waals surface area contributed by atoms with Crippen LogP contribution in [0.4, 0.5) is 0 Å². The van der Waals surface area contributed by atoms with Crippen molar-refractivity contribution in [2.75, 3.05) is 19.8 Å². The minimum Gasteiger partial charge on any atom is -0.377 e. The van der Waals surface area contributed by atoms with Gasteiger partial charge in [-0.1, -0.05) is 32.9 Å². The highest BCUT2D eigenvalue weighted by atomic mass is 16.5. The zero-order valence-corrected chi connectivity index (χ0v) is 9.23. The minimum atomic E-state index is 0.575. The van der Waals surface area contributed by atoms with Crippen molar-refractivity contribution in [3.63, 3.8) is 0 Å². The lowest BCUT2D eigenvalue weighted by molar-refractivity contribution is 0.151. The molecule has 13 heavy (non-hydrogen) atoms. The zero-order valence-electron chi connectivity index (χ0n) is 9.23. The fourth-order valence-corrected chi connectivity index (χ4v) is 0.884. The average molecular weight is 185 g/mol. The summed E-state index contributed by atoms with van der Waals surface area (Å²) in [4.78, 5) is 0. The summed E-state index contributed by atoms with van der Waals surface area (Å²) in [5, 5.41) is 3.35. The summed E-state index contributed by atoms with van der Waals surface area (Å²) in [5.74, 6) is 0. The number of hydrogen-bond acceptors (Lipinski definition) is 2. The molecule has 0 spiro atoms. The van der Waals surface area contributed by atoms with Crippen molar-refractivity contribution in [3.05, 3.63) is 12.2 Å². The number of ether oxygens (including phenoxy) is 1. The molecule has 0 atom stereocenters. The number of rotatable bonds is 8. The van der Waals surface area contributed by atoms with Crippen LogP contribution in [0.3, 0.4) is 0 Å². The van der Waals surface area contributed by atoms with Crippen molar-refractivity contribution < 1.29 is 4.74 Å². The smallest absolute Gasteiger partial charge is 0.0674 e. The maximum absolute atomic E-state index is 5.43. The van der Waals surface area contributed by atoms with Gasteiger partial charge in [-0.25, -0.2) is 0 Å². The third-order valence-electron chi connectivity index (χ3n) is 1.82. The number of hydrogen-bond donors (Lipinski definition) is 1. The van der Waals surface area contributed by atoms with Gasteiger partial charge in [0.15, 0.2) is 0 Å². The van der Waals surface area contributed by atoms with Crippen molar-refractivity contribution in [1.29, 1.82) is 0 Å². The first-order valence-corrected chi connectivity index (χ1v) is 5.14. The lowest BCUT2D eigenvalue weighted by Crippen LogP contribution is -2.24. The van der Waals surface area contributed by atoms with Gasteiger partial charge in [-0.15, -0.1) is 0 Å². The Kier molecular flexibility index (Phi) is 8.05. The molecule has 0 rings (SSSR count). The molecule has 78 valence electrons. The van der Waals surface area contributed by atoms with Crippen LogP contribution in [0.15, 0.2) is 12.2 Å². The molecule has 0 radical (unpaired) electrons. The molecule has 0 aromatic carbocycles. The van der Waals surface area contributed by atoms with Crippen LogP contribution in [0.5, 0.6) is 0 Å². The fraction of sp³-hybridized carbons (Fsp3) is 0.818. The summed E-state index contributed by atoms with van der Waals surface area (Å²) >= 11 is 0. The van der Waals surface area contributed by atoms with Crippen molar-refractivity contribution in [1.82, 2.24) is 5.32 Å². The van der Waals surface area contributed by atoms with E-state index in [9.17, 15) is 0 Å². The predicted molar refractivity (Wildman–Crippen MR) is 58.0 cm³/mol. The fourth-order valence-electron chi connectivity index (χ4n) is 0.884. The summed E-state index contributed by atoms with van der Waals surface area (Å²) in [7, 11) is 0. The normalized spacial score (nSPS) is 10.8. The third kappa shape index (κ3) is 9.57. The van der Waals surface area contributed by atoms with E-state index in [0.29, 0.717) is 6.04 Å². The first kappa shape index (κ1) is 12.7. The van der Waals surface area contributed by atoms with Crippen LogP contribution < -0.4 is 5.32 Å². The lowest BCUT2D eigenvalue weighted by Gasteiger charge is -2.08. The van der Waals surface area contributed by atoms with E-state index in [-0.39, 0.29) is 0 Å². The largest absolute Gasteiger partial charge is 0.377 e. The second-order valence-corrected chi connectivity index (χ2v) is 3.62. The van der Waals surface area contributed by atoms with Gasteiger partial charge in [-0.3, -0.25) is 0 Å². The molecule has 0 amide bonds. The maximum Gasteiger partial charge on any atom is 0.0674 e. The van der Waals surface area contributed by atoms with E-state index in [2.05, 4.69) is 32.7 Å². The average Bonchev–Trinajstić information content (AvgIpc) is 2.10. The molecular weight excluding hydrogens is 162 g/mol. The van der Waals surface area contributed by atoms with Crippen LogP contribution >= 0.6 is 0 Å². The molecule has 0 saturated carbocycles. The van der Waals surface area contributed by atoms with E-state index in [4.69, 9.17) is 4.74 Å².